The molecule has 0 amide bonds. The molecule has 1 heteroatoms. The lowest BCUT2D eigenvalue weighted by molar-refractivity contribution is -0.103. The summed E-state index contributed by atoms with van der Waals surface area (Å²) < 4.78 is 0. The van der Waals surface area contributed by atoms with Crippen molar-refractivity contribution in [2.75, 3.05) is 0 Å². The molecular weight excluding hydrogens is 422 g/mol. The van der Waals surface area contributed by atoms with Crippen molar-refractivity contribution in [1.82, 2.24) is 4.98 Å². The second-order valence-electron chi connectivity index (χ2n) is 14.7. The Morgan fingerprint density at radius 2 is 1.74 bits per heavy atom. The number of hydrogen-bond donors (Lipinski definition) is 1. The lowest BCUT2D eigenvalue weighted by Gasteiger charge is -2.60. The van der Waals surface area contributed by atoms with Crippen molar-refractivity contribution < 1.29 is 0 Å². The summed E-state index contributed by atoms with van der Waals surface area (Å²) in [7, 11) is 0. The normalized spacial score (nSPS) is 39.2. The fraction of sp³-hybridized carbons (Fsp3) is 0.765. The first kappa shape index (κ1) is 24.1. The predicted octanol–water partition coefficient (Wildman–Crippen LogP) is 9.51. The van der Waals surface area contributed by atoms with Gasteiger partial charge in [0.2, 0.25) is 0 Å². The predicted molar refractivity (Wildman–Crippen MR) is 150 cm³/mol. The summed E-state index contributed by atoms with van der Waals surface area (Å²) in [6.07, 6.45) is 15.9. The van der Waals surface area contributed by atoms with Gasteiger partial charge in [0, 0.05) is 16.6 Å². The van der Waals surface area contributed by atoms with E-state index in [1.54, 1.807) is 11.3 Å². The van der Waals surface area contributed by atoms with E-state index >= 15 is 0 Å². The molecule has 0 bridgehead atoms. The zero-order chi connectivity index (χ0) is 24.5. The summed E-state index contributed by atoms with van der Waals surface area (Å²) in [5.74, 6) is 6.54. The quantitative estimate of drug-likeness (QED) is 0.445. The van der Waals surface area contributed by atoms with E-state index in [1.807, 2.05) is 0 Å². The molecule has 1 aromatic carbocycles. The van der Waals surface area contributed by atoms with Gasteiger partial charge in [0.05, 0.1) is 0 Å². The molecule has 4 aliphatic rings. The van der Waals surface area contributed by atoms with Crippen LogP contribution in [0, 0.1) is 59.2 Å². The van der Waals surface area contributed by atoms with Gasteiger partial charge in [0.15, 0.2) is 0 Å². The zero-order valence-corrected chi connectivity index (χ0v) is 23.6. The number of aromatic amines is 1. The molecule has 8 atom stereocenters. The Morgan fingerprint density at radius 1 is 0.943 bits per heavy atom. The van der Waals surface area contributed by atoms with Gasteiger partial charge >= 0.3 is 0 Å². The number of hydrogen-bond acceptors (Lipinski definition) is 0. The largest absolute Gasteiger partial charge is 0.358 e. The SMILES string of the molecule is Cc1ccc2[nH]c3c(c2c1)C[C@@]1(C)[C@@H](CC[C@@H]2[C@@H]1CC[C@]1(C)[C@@H]([C@H](C)CCCC(C)C)CC[C@@H]21)C3. The standard InChI is InChI=1S/C34H51N/c1-21(2)8-7-9-23(4)28-13-14-29-25-12-11-24-19-32-27(26-18-22(3)10-15-31(26)35-32)20-34(24,6)30(25)16-17-33(28,29)5/h10,15,18,21,23-25,28-30,35H,7-9,11-14,16-17,19-20H2,1-6H3/t23-,24+,25+,28-,29+,30+,33-,34+/m1/s1. The van der Waals surface area contributed by atoms with Crippen molar-refractivity contribution in [3.8, 4) is 0 Å². The Morgan fingerprint density at radius 3 is 2.54 bits per heavy atom. The van der Waals surface area contributed by atoms with E-state index in [-0.39, 0.29) is 0 Å². The van der Waals surface area contributed by atoms with Crippen LogP contribution in [-0.2, 0) is 12.8 Å². The zero-order valence-electron chi connectivity index (χ0n) is 23.6. The van der Waals surface area contributed by atoms with Crippen LogP contribution in [-0.4, -0.2) is 4.98 Å². The fourth-order valence-corrected chi connectivity index (χ4v) is 10.6. The van der Waals surface area contributed by atoms with Gasteiger partial charge in [-0.05, 0) is 128 Å². The Hall–Kier alpha value is -1.24. The first-order valence-electron chi connectivity index (χ1n) is 15.3. The van der Waals surface area contributed by atoms with E-state index in [9.17, 15) is 0 Å². The van der Waals surface area contributed by atoms with Crippen molar-refractivity contribution in [3.05, 3.63) is 35.0 Å². The molecule has 1 nitrogen and oxygen atoms in total. The number of H-pyrrole nitrogens is 1. The molecule has 0 saturated heterocycles. The first-order chi connectivity index (χ1) is 16.7. The first-order valence-corrected chi connectivity index (χ1v) is 15.3. The van der Waals surface area contributed by atoms with Crippen molar-refractivity contribution in [1.29, 1.82) is 0 Å². The summed E-state index contributed by atoms with van der Waals surface area (Å²) >= 11 is 0. The van der Waals surface area contributed by atoms with Gasteiger partial charge in [-0.15, -0.1) is 0 Å². The molecule has 2 aromatic rings. The lowest BCUT2D eigenvalue weighted by Crippen LogP contribution is -2.54. The Balaban J connectivity index is 1.24. The summed E-state index contributed by atoms with van der Waals surface area (Å²) in [6, 6.07) is 7.05. The topological polar surface area (TPSA) is 15.8 Å². The molecule has 1 heterocycles. The highest BCUT2D eigenvalue weighted by Gasteiger charge is 2.60. The van der Waals surface area contributed by atoms with Gasteiger partial charge in [-0.2, -0.15) is 0 Å². The van der Waals surface area contributed by atoms with Gasteiger partial charge in [0.25, 0.3) is 0 Å². The van der Waals surface area contributed by atoms with Crippen LogP contribution in [0.3, 0.4) is 0 Å². The van der Waals surface area contributed by atoms with Crippen LogP contribution in [0.5, 0.6) is 0 Å². The smallest absolute Gasteiger partial charge is 0.0459 e. The molecule has 192 valence electrons. The van der Waals surface area contributed by atoms with E-state index < -0.39 is 0 Å². The molecule has 1 aromatic heterocycles. The second kappa shape index (κ2) is 8.66. The number of aryl methyl sites for hydroxylation is 1. The molecule has 3 fully saturated rings. The van der Waals surface area contributed by atoms with E-state index in [4.69, 9.17) is 0 Å². The second-order valence-corrected chi connectivity index (χ2v) is 14.7. The molecule has 0 aliphatic heterocycles. The molecule has 4 aliphatic carbocycles. The highest BCUT2D eigenvalue weighted by atomic mass is 14.8. The van der Waals surface area contributed by atoms with Crippen molar-refractivity contribution in [2.24, 2.45) is 52.3 Å². The Labute approximate surface area is 215 Å². The summed E-state index contributed by atoms with van der Waals surface area (Å²) in [4.78, 5) is 3.85. The molecule has 0 spiro atoms. The fourth-order valence-electron chi connectivity index (χ4n) is 10.6. The van der Waals surface area contributed by atoms with Crippen LogP contribution >= 0.6 is 0 Å². The molecule has 1 N–H and O–H groups in total. The van der Waals surface area contributed by atoms with Crippen LogP contribution < -0.4 is 0 Å². The third kappa shape index (κ3) is 3.76. The molecular formula is C34H51N. The van der Waals surface area contributed by atoms with Crippen LogP contribution in [0.25, 0.3) is 10.9 Å². The van der Waals surface area contributed by atoms with Crippen molar-refractivity contribution in [3.63, 3.8) is 0 Å². The van der Waals surface area contributed by atoms with Crippen LogP contribution in [0.15, 0.2) is 18.2 Å². The number of fused-ring (bicyclic) bond motifs is 8. The average molecular weight is 474 g/mol. The monoisotopic (exact) mass is 473 g/mol. The van der Waals surface area contributed by atoms with Gasteiger partial charge in [-0.3, -0.25) is 0 Å². The number of aromatic nitrogens is 1. The van der Waals surface area contributed by atoms with Gasteiger partial charge in [-0.1, -0.05) is 65.5 Å². The maximum atomic E-state index is 3.85. The third-order valence-corrected chi connectivity index (χ3v) is 12.4. The maximum Gasteiger partial charge on any atom is 0.0459 e. The lowest BCUT2D eigenvalue weighted by atomic mass is 9.44. The van der Waals surface area contributed by atoms with E-state index in [0.717, 1.165) is 41.4 Å². The Kier molecular flexibility index (Phi) is 5.97. The third-order valence-electron chi connectivity index (χ3n) is 12.4. The average Bonchev–Trinajstić information content (AvgIpc) is 3.33. The maximum absolute atomic E-state index is 3.85. The van der Waals surface area contributed by atoms with Gasteiger partial charge in [0.1, 0.15) is 0 Å². The molecule has 6 rings (SSSR count). The minimum atomic E-state index is 0.497. The molecule has 3 saturated carbocycles. The summed E-state index contributed by atoms with van der Waals surface area (Å²) in [5.41, 5.74) is 7.14. The van der Waals surface area contributed by atoms with Crippen molar-refractivity contribution in [2.45, 2.75) is 112 Å². The van der Waals surface area contributed by atoms with Crippen molar-refractivity contribution >= 4 is 10.9 Å². The van der Waals surface area contributed by atoms with Crippen LogP contribution in [0.2, 0.25) is 0 Å². The molecule has 35 heavy (non-hydrogen) atoms. The number of nitrogens with one attached hydrogen (secondary N) is 1. The van der Waals surface area contributed by atoms with Gasteiger partial charge in [-0.25, -0.2) is 0 Å². The highest BCUT2D eigenvalue weighted by Crippen LogP contribution is 2.68. The van der Waals surface area contributed by atoms with Crippen LogP contribution in [0.4, 0.5) is 0 Å². The minimum Gasteiger partial charge on any atom is -0.358 e. The molecule has 0 radical (unpaired) electrons. The van der Waals surface area contributed by atoms with Crippen LogP contribution in [0.1, 0.15) is 109 Å². The van der Waals surface area contributed by atoms with E-state index in [0.29, 0.717) is 10.8 Å². The number of benzene rings is 1. The van der Waals surface area contributed by atoms with E-state index in [2.05, 4.69) is 64.7 Å². The minimum absolute atomic E-state index is 0.497. The molecule has 0 unspecified atom stereocenters. The Bertz CT molecular complexity index is 1080. The summed E-state index contributed by atoms with van der Waals surface area (Å²) in [5, 5.41) is 1.53. The number of rotatable bonds is 5. The van der Waals surface area contributed by atoms with Gasteiger partial charge < -0.3 is 4.98 Å². The summed E-state index contributed by atoms with van der Waals surface area (Å²) in [6.45, 7) is 15.1. The highest BCUT2D eigenvalue weighted by molar-refractivity contribution is 5.85. The van der Waals surface area contributed by atoms with E-state index in [1.165, 1.54) is 87.1 Å².